The number of amides is 1. The van der Waals surface area contributed by atoms with Gasteiger partial charge in [0.15, 0.2) is 0 Å². The van der Waals surface area contributed by atoms with Gasteiger partial charge in [-0.3, -0.25) is 4.79 Å². The Kier molecular flexibility index (Phi) is 3.74. The van der Waals surface area contributed by atoms with Crippen molar-refractivity contribution in [3.8, 4) is 11.3 Å². The minimum atomic E-state index is -0.522. The molecule has 1 amide bonds. The fourth-order valence-corrected chi connectivity index (χ4v) is 2.08. The number of aromatic nitrogens is 3. The van der Waals surface area contributed by atoms with Crippen LogP contribution in [0.3, 0.4) is 0 Å². The van der Waals surface area contributed by atoms with E-state index in [1.165, 1.54) is 0 Å². The number of hydrogen-bond acceptors (Lipinski definition) is 4. The third-order valence-corrected chi connectivity index (χ3v) is 3.20. The van der Waals surface area contributed by atoms with Crippen LogP contribution < -0.4 is 11.1 Å². The van der Waals surface area contributed by atoms with Gasteiger partial charge in [0.05, 0.1) is 23.6 Å². The average Bonchev–Trinajstić information content (AvgIpc) is 2.86. The number of rotatable bonds is 4. The van der Waals surface area contributed by atoms with Crippen LogP contribution in [-0.4, -0.2) is 27.5 Å². The standard InChI is InChI=1S/C14H19N5O/c1-14(2,13(20)16-3)8-19-9-17-7-11(19)10-4-5-12(15)18-6-10/h4-7,9H,8H2,1-3H3,(H2,15,18)(H,16,20). The molecule has 0 aromatic carbocycles. The number of carbonyl (C=O) groups excluding carboxylic acids is 1. The zero-order valence-electron chi connectivity index (χ0n) is 11.9. The molecule has 3 N–H and O–H groups in total. The van der Waals surface area contributed by atoms with E-state index >= 15 is 0 Å². The monoisotopic (exact) mass is 273 g/mol. The Morgan fingerprint density at radius 2 is 2.15 bits per heavy atom. The maximum Gasteiger partial charge on any atom is 0.227 e. The number of nitrogens with two attached hydrogens (primary N) is 1. The molecule has 0 saturated heterocycles. The minimum absolute atomic E-state index is 0.00687. The van der Waals surface area contributed by atoms with Crippen molar-refractivity contribution < 1.29 is 4.79 Å². The highest BCUT2D eigenvalue weighted by Crippen LogP contribution is 2.24. The Morgan fingerprint density at radius 3 is 2.75 bits per heavy atom. The summed E-state index contributed by atoms with van der Waals surface area (Å²) in [7, 11) is 1.64. The summed E-state index contributed by atoms with van der Waals surface area (Å²) in [4.78, 5) is 20.1. The maximum atomic E-state index is 11.9. The molecule has 0 saturated carbocycles. The summed E-state index contributed by atoms with van der Waals surface area (Å²) in [5.74, 6) is 0.470. The van der Waals surface area contributed by atoms with E-state index in [0.29, 0.717) is 12.4 Å². The lowest BCUT2D eigenvalue weighted by Crippen LogP contribution is -2.37. The fourth-order valence-electron chi connectivity index (χ4n) is 2.08. The Bertz CT molecular complexity index is 600. The van der Waals surface area contributed by atoms with Crippen molar-refractivity contribution in [1.29, 1.82) is 0 Å². The number of imidazole rings is 1. The van der Waals surface area contributed by atoms with E-state index in [-0.39, 0.29) is 5.91 Å². The van der Waals surface area contributed by atoms with E-state index in [4.69, 9.17) is 5.73 Å². The quantitative estimate of drug-likeness (QED) is 0.879. The normalized spacial score (nSPS) is 11.3. The Labute approximate surface area is 118 Å². The molecular weight excluding hydrogens is 254 g/mol. The molecule has 106 valence electrons. The summed E-state index contributed by atoms with van der Waals surface area (Å²) in [6.07, 6.45) is 5.18. The van der Waals surface area contributed by atoms with Crippen LogP contribution in [-0.2, 0) is 11.3 Å². The molecule has 20 heavy (non-hydrogen) atoms. The molecule has 0 unspecified atom stereocenters. The smallest absolute Gasteiger partial charge is 0.227 e. The summed E-state index contributed by atoms with van der Waals surface area (Å²) in [5.41, 5.74) is 6.90. The summed E-state index contributed by atoms with van der Waals surface area (Å²) >= 11 is 0. The molecule has 0 atom stereocenters. The second-order valence-electron chi connectivity index (χ2n) is 5.34. The highest BCUT2D eigenvalue weighted by atomic mass is 16.2. The third-order valence-electron chi connectivity index (χ3n) is 3.20. The SMILES string of the molecule is CNC(=O)C(C)(C)Cn1cncc1-c1ccc(N)nc1. The number of nitrogens with one attached hydrogen (secondary N) is 1. The van der Waals surface area contributed by atoms with Gasteiger partial charge in [-0.1, -0.05) is 0 Å². The van der Waals surface area contributed by atoms with E-state index in [0.717, 1.165) is 11.3 Å². The van der Waals surface area contributed by atoms with Gasteiger partial charge in [0, 0.05) is 25.4 Å². The lowest BCUT2D eigenvalue weighted by atomic mass is 9.92. The predicted octanol–water partition coefficient (Wildman–Crippen LogP) is 1.30. The molecule has 0 radical (unpaired) electrons. The van der Waals surface area contributed by atoms with Crippen LogP contribution in [0, 0.1) is 5.41 Å². The van der Waals surface area contributed by atoms with E-state index in [9.17, 15) is 4.79 Å². The van der Waals surface area contributed by atoms with E-state index < -0.39 is 5.41 Å². The lowest BCUT2D eigenvalue weighted by molar-refractivity contribution is -0.129. The molecule has 0 fully saturated rings. The van der Waals surface area contributed by atoms with Gasteiger partial charge in [-0.15, -0.1) is 0 Å². The van der Waals surface area contributed by atoms with Gasteiger partial charge in [-0.05, 0) is 26.0 Å². The zero-order chi connectivity index (χ0) is 14.8. The number of anilines is 1. The van der Waals surface area contributed by atoms with Crippen LogP contribution in [0.25, 0.3) is 11.3 Å². The minimum Gasteiger partial charge on any atom is -0.384 e. The maximum absolute atomic E-state index is 11.9. The van der Waals surface area contributed by atoms with Crippen molar-refractivity contribution in [3.05, 3.63) is 30.9 Å². The molecular formula is C14H19N5O. The van der Waals surface area contributed by atoms with E-state index in [2.05, 4.69) is 15.3 Å². The van der Waals surface area contributed by atoms with Crippen molar-refractivity contribution in [2.45, 2.75) is 20.4 Å². The number of pyridine rings is 1. The topological polar surface area (TPSA) is 85.8 Å². The predicted molar refractivity (Wildman–Crippen MR) is 77.7 cm³/mol. The van der Waals surface area contributed by atoms with Gasteiger partial charge in [-0.2, -0.15) is 0 Å². The first-order valence-electron chi connectivity index (χ1n) is 6.38. The first kappa shape index (κ1) is 14.0. The average molecular weight is 273 g/mol. The highest BCUT2D eigenvalue weighted by molar-refractivity contribution is 5.81. The molecule has 2 aromatic heterocycles. The van der Waals surface area contributed by atoms with Crippen LogP contribution in [0.1, 0.15) is 13.8 Å². The van der Waals surface area contributed by atoms with Crippen molar-refractivity contribution in [3.63, 3.8) is 0 Å². The number of nitrogens with zero attached hydrogens (tertiary/aromatic N) is 3. The van der Waals surface area contributed by atoms with Crippen molar-refractivity contribution in [2.75, 3.05) is 12.8 Å². The molecule has 0 bridgehead atoms. The second kappa shape index (κ2) is 5.32. The van der Waals surface area contributed by atoms with Crippen LogP contribution in [0.4, 0.5) is 5.82 Å². The van der Waals surface area contributed by atoms with Crippen molar-refractivity contribution in [2.24, 2.45) is 5.41 Å². The van der Waals surface area contributed by atoms with Crippen molar-refractivity contribution in [1.82, 2.24) is 19.9 Å². The van der Waals surface area contributed by atoms with Crippen LogP contribution in [0.5, 0.6) is 0 Å². The highest BCUT2D eigenvalue weighted by Gasteiger charge is 2.27. The lowest BCUT2D eigenvalue weighted by Gasteiger charge is -2.24. The third kappa shape index (κ3) is 2.79. The van der Waals surface area contributed by atoms with Gasteiger partial charge in [0.1, 0.15) is 5.82 Å². The Hall–Kier alpha value is -2.37. The van der Waals surface area contributed by atoms with Gasteiger partial charge >= 0.3 is 0 Å². The van der Waals surface area contributed by atoms with Gasteiger partial charge in [-0.25, -0.2) is 9.97 Å². The molecule has 0 aliphatic rings. The van der Waals surface area contributed by atoms with Gasteiger partial charge in [0.25, 0.3) is 0 Å². The number of hydrogen-bond donors (Lipinski definition) is 2. The van der Waals surface area contributed by atoms with Gasteiger partial charge in [0.2, 0.25) is 5.91 Å². The molecule has 0 spiro atoms. The van der Waals surface area contributed by atoms with Gasteiger partial charge < -0.3 is 15.6 Å². The fraction of sp³-hybridized carbons (Fsp3) is 0.357. The second-order valence-corrected chi connectivity index (χ2v) is 5.34. The summed E-state index contributed by atoms with van der Waals surface area (Å²) < 4.78 is 1.95. The summed E-state index contributed by atoms with van der Waals surface area (Å²) in [6, 6.07) is 3.64. The first-order valence-corrected chi connectivity index (χ1v) is 6.38. The van der Waals surface area contributed by atoms with E-state index in [1.54, 1.807) is 31.8 Å². The van der Waals surface area contributed by atoms with E-state index in [1.807, 2.05) is 24.5 Å². The molecule has 2 aromatic rings. The van der Waals surface area contributed by atoms with Crippen LogP contribution >= 0.6 is 0 Å². The number of carbonyl (C=O) groups is 1. The van der Waals surface area contributed by atoms with Crippen LogP contribution in [0.2, 0.25) is 0 Å². The molecule has 6 nitrogen and oxygen atoms in total. The Morgan fingerprint density at radius 1 is 1.40 bits per heavy atom. The zero-order valence-corrected chi connectivity index (χ0v) is 11.9. The van der Waals surface area contributed by atoms with Crippen molar-refractivity contribution >= 4 is 11.7 Å². The molecule has 6 heteroatoms. The molecule has 2 heterocycles. The molecule has 0 aliphatic heterocycles. The Balaban J connectivity index is 2.29. The number of nitrogen functional groups attached to an aromatic ring is 1. The largest absolute Gasteiger partial charge is 0.384 e. The van der Waals surface area contributed by atoms with Crippen LogP contribution in [0.15, 0.2) is 30.9 Å². The summed E-state index contributed by atoms with van der Waals surface area (Å²) in [6.45, 7) is 4.33. The molecule has 0 aliphatic carbocycles. The summed E-state index contributed by atoms with van der Waals surface area (Å²) in [5, 5.41) is 2.68. The molecule has 2 rings (SSSR count). The first-order chi connectivity index (χ1) is 9.44.